The van der Waals surface area contributed by atoms with Crippen LogP contribution in [0.5, 0.6) is 0 Å². The van der Waals surface area contributed by atoms with E-state index in [1.165, 1.54) is 0 Å². The summed E-state index contributed by atoms with van der Waals surface area (Å²) in [6.45, 7) is 1.78. The van der Waals surface area contributed by atoms with E-state index in [4.69, 9.17) is 92.8 Å². The molecule has 2 amide bonds. The topological polar surface area (TPSA) is 82.9 Å². The highest BCUT2D eigenvalue weighted by Gasteiger charge is 2.35. The monoisotopic (exact) mass is 652 g/mol. The Labute approximate surface area is 249 Å². The fraction of sp³-hybridized carbons (Fsp3) is 0.0435. The van der Waals surface area contributed by atoms with Gasteiger partial charge in [0.25, 0.3) is 11.8 Å². The standard InChI is InChI=1S/C23H8Cl8N4O2/c1-5-4-6(32-20-8-10(22(36)34-20)14(26)18(30)16(28)12(8)24)2-3-7(5)33-21-9-11(23(37)35-21)15(27)19(31)17(29)13(9)25/h2-4H,1H3,(H,32,34,36)(H,33,35,37). The molecule has 188 valence electrons. The van der Waals surface area contributed by atoms with Crippen molar-refractivity contribution in [2.24, 2.45) is 9.98 Å². The molecule has 2 heterocycles. The number of carbonyl (C=O) groups excluding carboxylic acids is 2. The number of fused-ring (bicyclic) bond motifs is 2. The number of rotatable bonds is 2. The van der Waals surface area contributed by atoms with Gasteiger partial charge in [-0.05, 0) is 30.7 Å². The van der Waals surface area contributed by atoms with Crippen molar-refractivity contribution in [1.82, 2.24) is 10.6 Å². The fourth-order valence-corrected chi connectivity index (χ4v) is 5.91. The summed E-state index contributed by atoms with van der Waals surface area (Å²) in [5.74, 6) is -0.694. The predicted octanol–water partition coefficient (Wildman–Crippen LogP) is 8.87. The van der Waals surface area contributed by atoms with Gasteiger partial charge < -0.3 is 10.6 Å². The van der Waals surface area contributed by atoms with Gasteiger partial charge in [-0.25, -0.2) is 9.98 Å². The molecule has 0 saturated carbocycles. The third-order valence-corrected chi connectivity index (χ3v) is 9.18. The smallest absolute Gasteiger partial charge is 0.259 e. The summed E-state index contributed by atoms with van der Waals surface area (Å²) in [5.41, 5.74) is 2.33. The quantitative estimate of drug-likeness (QED) is 0.214. The number of halogens is 8. The van der Waals surface area contributed by atoms with E-state index < -0.39 is 11.8 Å². The second-order valence-electron chi connectivity index (χ2n) is 7.81. The van der Waals surface area contributed by atoms with Crippen LogP contribution in [0.25, 0.3) is 0 Å². The Bertz CT molecular complexity index is 1670. The van der Waals surface area contributed by atoms with Crippen LogP contribution in [0.15, 0.2) is 28.2 Å². The number of aryl methyl sites for hydroxylation is 1. The maximum absolute atomic E-state index is 12.5. The summed E-state index contributed by atoms with van der Waals surface area (Å²) in [5, 5.41) is 5.32. The summed E-state index contributed by atoms with van der Waals surface area (Å²) in [4.78, 5) is 34.1. The molecule has 0 bridgehead atoms. The molecule has 6 nitrogen and oxygen atoms in total. The van der Waals surface area contributed by atoms with Crippen LogP contribution >= 0.6 is 92.8 Å². The number of carbonyl (C=O) groups is 2. The Kier molecular flexibility index (Phi) is 7.10. The summed E-state index contributed by atoms with van der Waals surface area (Å²) in [7, 11) is 0. The molecule has 37 heavy (non-hydrogen) atoms. The lowest BCUT2D eigenvalue weighted by Gasteiger charge is -2.09. The number of nitrogens with zero attached hydrogens (tertiary/aromatic N) is 2. The lowest BCUT2D eigenvalue weighted by molar-refractivity contribution is 0.0975. The molecule has 5 rings (SSSR count). The summed E-state index contributed by atoms with van der Waals surface area (Å²) < 4.78 is 0. The van der Waals surface area contributed by atoms with E-state index in [0.717, 1.165) is 0 Å². The zero-order valence-corrected chi connectivity index (χ0v) is 24.0. The summed E-state index contributed by atoms with van der Waals surface area (Å²) >= 11 is 49.7. The van der Waals surface area contributed by atoms with Crippen molar-refractivity contribution in [2.75, 3.05) is 0 Å². The average Bonchev–Trinajstić information content (AvgIpc) is 3.36. The van der Waals surface area contributed by atoms with E-state index in [2.05, 4.69) is 20.6 Å². The van der Waals surface area contributed by atoms with Crippen LogP contribution in [0, 0.1) is 6.92 Å². The molecule has 0 spiro atoms. The number of nitrogens with one attached hydrogen (secondary N) is 2. The maximum atomic E-state index is 12.5. The van der Waals surface area contributed by atoms with Crippen molar-refractivity contribution in [3.63, 3.8) is 0 Å². The lowest BCUT2D eigenvalue weighted by Crippen LogP contribution is -2.21. The van der Waals surface area contributed by atoms with Crippen molar-refractivity contribution >= 4 is 128 Å². The molecule has 2 aliphatic rings. The summed E-state index contributed by atoms with van der Waals surface area (Å²) in [6, 6.07) is 5.03. The molecule has 2 N–H and O–H groups in total. The van der Waals surface area contributed by atoms with Crippen molar-refractivity contribution < 1.29 is 9.59 Å². The number of amides is 2. The Balaban J connectivity index is 1.56. The van der Waals surface area contributed by atoms with Gasteiger partial charge in [0.2, 0.25) is 0 Å². The van der Waals surface area contributed by atoms with Crippen molar-refractivity contribution in [3.8, 4) is 0 Å². The van der Waals surface area contributed by atoms with Crippen molar-refractivity contribution in [2.45, 2.75) is 6.92 Å². The minimum atomic E-state index is -0.510. The SMILES string of the molecule is Cc1cc(N=C2NC(=O)c3c(Cl)c(Cl)c(Cl)c(Cl)c32)ccc1N=C1NC(=O)c2c(Cl)c(Cl)c(Cl)c(Cl)c21. The second kappa shape index (κ2) is 9.78. The highest BCUT2D eigenvalue weighted by Crippen LogP contribution is 2.45. The number of amidine groups is 2. The van der Waals surface area contributed by atoms with Gasteiger partial charge in [-0.3, -0.25) is 9.59 Å². The van der Waals surface area contributed by atoms with Gasteiger partial charge in [0, 0.05) is 0 Å². The van der Waals surface area contributed by atoms with Crippen LogP contribution in [0.2, 0.25) is 40.2 Å². The first-order chi connectivity index (χ1) is 17.4. The van der Waals surface area contributed by atoms with Crippen molar-refractivity contribution in [1.29, 1.82) is 0 Å². The first kappa shape index (κ1) is 26.9. The number of benzene rings is 3. The first-order valence-electron chi connectivity index (χ1n) is 10.1. The second-order valence-corrected chi connectivity index (χ2v) is 10.8. The molecule has 0 saturated heterocycles. The Hall–Kier alpha value is -1.74. The molecule has 0 aliphatic carbocycles. The van der Waals surface area contributed by atoms with Crippen LogP contribution in [-0.2, 0) is 0 Å². The molecule has 0 aromatic heterocycles. The number of hydrogen-bond acceptors (Lipinski definition) is 4. The minimum absolute atomic E-state index is 0.0117. The third-order valence-electron chi connectivity index (χ3n) is 5.58. The van der Waals surface area contributed by atoms with Crippen LogP contribution in [-0.4, -0.2) is 23.5 Å². The molecule has 2 aliphatic heterocycles. The summed E-state index contributed by atoms with van der Waals surface area (Å²) in [6.07, 6.45) is 0. The van der Waals surface area contributed by atoms with Gasteiger partial charge in [0.15, 0.2) is 0 Å². The zero-order valence-electron chi connectivity index (χ0n) is 18.0. The van der Waals surface area contributed by atoms with Gasteiger partial charge in [-0.15, -0.1) is 0 Å². The molecule has 0 fully saturated rings. The van der Waals surface area contributed by atoms with Gasteiger partial charge in [-0.1, -0.05) is 92.8 Å². The molecule has 3 aromatic carbocycles. The van der Waals surface area contributed by atoms with Crippen LogP contribution in [0.3, 0.4) is 0 Å². The third kappa shape index (κ3) is 4.28. The molecule has 0 unspecified atom stereocenters. The van der Waals surface area contributed by atoms with E-state index in [1.807, 2.05) is 0 Å². The Morgan fingerprint density at radius 3 is 1.41 bits per heavy atom. The maximum Gasteiger partial charge on any atom is 0.259 e. The fourth-order valence-electron chi connectivity index (χ4n) is 3.85. The lowest BCUT2D eigenvalue weighted by atomic mass is 10.1. The molecule has 0 atom stereocenters. The first-order valence-corrected chi connectivity index (χ1v) is 13.1. The average molecular weight is 656 g/mol. The number of aliphatic imine (C=N–C) groups is 2. The Morgan fingerprint density at radius 2 is 0.973 bits per heavy atom. The highest BCUT2D eigenvalue weighted by atomic mass is 35.5. The van der Waals surface area contributed by atoms with E-state index in [1.54, 1.807) is 25.1 Å². The number of hydrogen-bond donors (Lipinski definition) is 2. The van der Waals surface area contributed by atoms with E-state index in [-0.39, 0.29) is 74.1 Å². The van der Waals surface area contributed by atoms with Gasteiger partial charge in [0.1, 0.15) is 11.7 Å². The zero-order chi connectivity index (χ0) is 26.9. The van der Waals surface area contributed by atoms with Gasteiger partial charge in [-0.2, -0.15) is 0 Å². The highest BCUT2D eigenvalue weighted by molar-refractivity contribution is 6.56. The van der Waals surface area contributed by atoms with Crippen LogP contribution in [0.4, 0.5) is 11.4 Å². The van der Waals surface area contributed by atoms with E-state index in [9.17, 15) is 9.59 Å². The molecule has 3 aromatic rings. The predicted molar refractivity (Wildman–Crippen MR) is 151 cm³/mol. The van der Waals surface area contributed by atoms with Gasteiger partial charge >= 0.3 is 0 Å². The molecular formula is C23H8Cl8N4O2. The van der Waals surface area contributed by atoms with Crippen LogP contribution in [0.1, 0.15) is 37.4 Å². The molecular weight excluding hydrogens is 648 g/mol. The van der Waals surface area contributed by atoms with Crippen molar-refractivity contribution in [3.05, 3.63) is 86.2 Å². The molecule has 14 heteroatoms. The molecule has 0 radical (unpaired) electrons. The van der Waals surface area contributed by atoms with E-state index >= 15 is 0 Å². The largest absolute Gasteiger partial charge is 0.306 e. The Morgan fingerprint density at radius 1 is 0.568 bits per heavy atom. The van der Waals surface area contributed by atoms with Gasteiger partial charge in [0.05, 0.1) is 73.8 Å². The normalized spacial score (nSPS) is 16.4. The van der Waals surface area contributed by atoms with Crippen LogP contribution < -0.4 is 10.6 Å². The van der Waals surface area contributed by atoms with E-state index in [0.29, 0.717) is 16.9 Å². The minimum Gasteiger partial charge on any atom is -0.306 e.